The van der Waals surface area contributed by atoms with E-state index in [1.807, 2.05) is 0 Å². The summed E-state index contributed by atoms with van der Waals surface area (Å²) in [6.45, 7) is 18.5. The highest BCUT2D eigenvalue weighted by atomic mass is 79.9. The Morgan fingerprint density at radius 1 is 0.429 bits per heavy atom. The van der Waals surface area contributed by atoms with Gasteiger partial charge < -0.3 is 53.1 Å². The number of likely N-dealkylation sites (N-methyl/N-ethyl adjacent to an activating group) is 2. The first-order valence-electron chi connectivity index (χ1n) is 11.5. The molecule has 0 spiro atoms. The second kappa shape index (κ2) is 21.0. The van der Waals surface area contributed by atoms with E-state index in [0.29, 0.717) is 13.2 Å². The summed E-state index contributed by atoms with van der Waals surface area (Å²) in [6, 6.07) is 0. The maximum Gasteiger partial charge on any atom is 0.102 e. The van der Waals surface area contributed by atoms with E-state index in [0.717, 1.165) is 48.2 Å². The quantitative estimate of drug-likeness (QED) is 0.146. The Hall–Kier alpha value is 0.800. The number of aliphatic hydroxyl groups is 2. The monoisotopic (exact) mass is 532 g/mol. The van der Waals surface area contributed by atoms with Crippen molar-refractivity contribution >= 4 is 0 Å². The average Bonchev–Trinajstić information content (AvgIpc) is 2.67. The Labute approximate surface area is 197 Å². The number of hydrogen-bond acceptors (Lipinski definition) is 2. The van der Waals surface area contributed by atoms with Crippen molar-refractivity contribution in [3.8, 4) is 0 Å². The topological polar surface area (TPSA) is 40.5 Å². The van der Waals surface area contributed by atoms with Crippen molar-refractivity contribution in [3.05, 3.63) is 0 Å². The van der Waals surface area contributed by atoms with Gasteiger partial charge in [-0.2, -0.15) is 0 Å². The highest BCUT2D eigenvalue weighted by molar-refractivity contribution is 4.50. The highest BCUT2D eigenvalue weighted by Crippen LogP contribution is 2.14. The van der Waals surface area contributed by atoms with Crippen molar-refractivity contribution in [1.29, 1.82) is 0 Å². The third-order valence-electron chi connectivity index (χ3n) is 6.85. The Balaban J connectivity index is -0.00000312. The van der Waals surface area contributed by atoms with Gasteiger partial charge in [-0.1, -0.05) is 25.7 Å². The zero-order chi connectivity index (χ0) is 19.7. The fraction of sp³-hybridized carbons (Fsp3) is 1.00. The van der Waals surface area contributed by atoms with Gasteiger partial charge in [0, 0.05) is 0 Å². The van der Waals surface area contributed by atoms with Gasteiger partial charge in [0.05, 0.1) is 52.5 Å². The summed E-state index contributed by atoms with van der Waals surface area (Å²) in [5.74, 6) is 0. The fourth-order valence-corrected chi connectivity index (χ4v) is 4.32. The van der Waals surface area contributed by atoms with Crippen LogP contribution in [0, 0.1) is 0 Å². The van der Waals surface area contributed by atoms with E-state index in [1.54, 1.807) is 0 Å². The number of aliphatic hydroxyl groups excluding tert-OH is 2. The van der Waals surface area contributed by atoms with E-state index >= 15 is 0 Å². The van der Waals surface area contributed by atoms with Crippen molar-refractivity contribution in [2.24, 2.45) is 0 Å². The summed E-state index contributed by atoms with van der Waals surface area (Å²) in [5.41, 5.74) is 0. The molecule has 0 aliphatic carbocycles. The number of hydrogen-bond donors (Lipinski definition) is 2. The Bertz CT molecular complexity index is 283. The number of rotatable bonds is 19. The van der Waals surface area contributed by atoms with E-state index in [9.17, 15) is 10.2 Å². The lowest BCUT2D eigenvalue weighted by Gasteiger charge is -2.36. The molecule has 28 heavy (non-hydrogen) atoms. The third-order valence-corrected chi connectivity index (χ3v) is 6.85. The van der Waals surface area contributed by atoms with Crippen molar-refractivity contribution < 1.29 is 53.1 Å². The molecule has 0 aromatic heterocycles. The maximum absolute atomic E-state index is 9.29. The van der Waals surface area contributed by atoms with Gasteiger partial charge in [0.1, 0.15) is 13.1 Å². The molecule has 0 bridgehead atoms. The number of quaternary nitrogens is 2. The second-order valence-corrected chi connectivity index (χ2v) is 8.12. The lowest BCUT2D eigenvalue weighted by Crippen LogP contribution is -3.00. The van der Waals surface area contributed by atoms with Crippen molar-refractivity contribution in [3.63, 3.8) is 0 Å². The summed E-state index contributed by atoms with van der Waals surface area (Å²) in [4.78, 5) is 0. The molecule has 2 N–H and O–H groups in total. The lowest BCUT2D eigenvalue weighted by atomic mass is 10.1. The van der Waals surface area contributed by atoms with Gasteiger partial charge in [0.2, 0.25) is 0 Å². The molecular weight excluding hydrogens is 484 g/mol. The molecule has 0 saturated carbocycles. The summed E-state index contributed by atoms with van der Waals surface area (Å²) >= 11 is 0. The molecule has 0 aromatic rings. The minimum atomic E-state index is 0. The van der Waals surface area contributed by atoms with Gasteiger partial charge in [-0.3, -0.25) is 0 Å². The van der Waals surface area contributed by atoms with Gasteiger partial charge >= 0.3 is 0 Å². The van der Waals surface area contributed by atoms with Crippen LogP contribution in [0.1, 0.15) is 79.1 Å². The van der Waals surface area contributed by atoms with Gasteiger partial charge in [-0.15, -0.1) is 0 Å². The summed E-state index contributed by atoms with van der Waals surface area (Å²) in [6.07, 6.45) is 10.8. The van der Waals surface area contributed by atoms with Crippen LogP contribution in [-0.2, 0) is 0 Å². The first-order valence-corrected chi connectivity index (χ1v) is 11.5. The SMILES string of the molecule is CC[N+](CC)(CCO)CCCCCCCCCC[N+](CC)(CC)CCO.[Br-].[Br-]. The van der Waals surface area contributed by atoms with Crippen LogP contribution in [0.2, 0.25) is 0 Å². The van der Waals surface area contributed by atoms with E-state index in [-0.39, 0.29) is 34.0 Å². The number of halogens is 2. The van der Waals surface area contributed by atoms with Crippen LogP contribution in [-0.4, -0.2) is 84.8 Å². The molecule has 0 aliphatic rings. The maximum atomic E-state index is 9.29. The molecule has 0 fully saturated rings. The van der Waals surface area contributed by atoms with E-state index < -0.39 is 0 Å². The van der Waals surface area contributed by atoms with E-state index in [4.69, 9.17) is 0 Å². The second-order valence-electron chi connectivity index (χ2n) is 8.12. The Kier molecular flexibility index (Phi) is 25.1. The van der Waals surface area contributed by atoms with Gasteiger partial charge in [-0.25, -0.2) is 0 Å². The van der Waals surface area contributed by atoms with Gasteiger partial charge in [-0.05, 0) is 53.4 Å². The molecule has 6 heteroatoms. The minimum absolute atomic E-state index is 0. The fourth-order valence-electron chi connectivity index (χ4n) is 4.32. The third kappa shape index (κ3) is 13.9. The van der Waals surface area contributed by atoms with Crippen LogP contribution < -0.4 is 34.0 Å². The van der Waals surface area contributed by atoms with Crippen molar-refractivity contribution in [1.82, 2.24) is 0 Å². The van der Waals surface area contributed by atoms with Crippen LogP contribution >= 0.6 is 0 Å². The number of unbranched alkanes of at least 4 members (excludes halogenated alkanes) is 7. The highest BCUT2D eigenvalue weighted by Gasteiger charge is 2.22. The van der Waals surface area contributed by atoms with Crippen LogP contribution in [0.25, 0.3) is 0 Å². The normalized spacial score (nSPS) is 11.8. The smallest absolute Gasteiger partial charge is 0.102 e. The summed E-state index contributed by atoms with van der Waals surface area (Å²) < 4.78 is 2.17. The molecule has 0 aliphatic heterocycles. The first kappa shape index (κ1) is 33.4. The Morgan fingerprint density at radius 3 is 0.893 bits per heavy atom. The van der Waals surface area contributed by atoms with Crippen LogP contribution in [0.3, 0.4) is 0 Å². The van der Waals surface area contributed by atoms with Gasteiger partial charge in [0.15, 0.2) is 0 Å². The van der Waals surface area contributed by atoms with E-state index in [1.165, 1.54) is 64.5 Å². The molecule has 0 aromatic carbocycles. The molecule has 0 atom stereocenters. The Morgan fingerprint density at radius 2 is 0.679 bits per heavy atom. The van der Waals surface area contributed by atoms with Crippen molar-refractivity contribution in [2.45, 2.75) is 79.1 Å². The number of nitrogens with zero attached hydrogens (tertiary/aromatic N) is 2. The summed E-state index contributed by atoms with van der Waals surface area (Å²) in [5, 5.41) is 18.6. The molecule has 0 rings (SSSR count). The standard InChI is InChI=1S/C22H50N2O2.2BrH/c1-5-23(6-2,19-21-25)17-15-13-11-9-10-12-14-16-18-24(7-3,8-4)20-22-26;;/h25-26H,5-22H2,1-4H3;2*1H/q+2;;/p-2. The average molecular weight is 534 g/mol. The van der Waals surface area contributed by atoms with Gasteiger partial charge in [0.25, 0.3) is 0 Å². The molecule has 174 valence electrons. The predicted molar refractivity (Wildman–Crippen MR) is 113 cm³/mol. The molecule has 0 radical (unpaired) electrons. The molecular formula is C22H50Br2N2O2. The zero-order valence-electron chi connectivity index (χ0n) is 19.3. The van der Waals surface area contributed by atoms with Crippen LogP contribution in [0.5, 0.6) is 0 Å². The van der Waals surface area contributed by atoms with Crippen LogP contribution in [0.15, 0.2) is 0 Å². The molecule has 4 nitrogen and oxygen atoms in total. The largest absolute Gasteiger partial charge is 1.00 e. The molecule has 0 amide bonds. The predicted octanol–water partition coefficient (Wildman–Crippen LogP) is -2.19. The van der Waals surface area contributed by atoms with Crippen LogP contribution in [0.4, 0.5) is 0 Å². The molecule has 0 unspecified atom stereocenters. The first-order chi connectivity index (χ1) is 12.6. The van der Waals surface area contributed by atoms with E-state index in [2.05, 4.69) is 27.7 Å². The lowest BCUT2D eigenvalue weighted by molar-refractivity contribution is -0.925. The molecule has 0 saturated heterocycles. The minimum Gasteiger partial charge on any atom is -1.00 e. The van der Waals surface area contributed by atoms with Crippen molar-refractivity contribution in [2.75, 3.05) is 65.6 Å². The zero-order valence-corrected chi connectivity index (χ0v) is 22.4. The summed E-state index contributed by atoms with van der Waals surface area (Å²) in [7, 11) is 0. The molecule has 0 heterocycles.